The van der Waals surface area contributed by atoms with Gasteiger partial charge in [0, 0.05) is 12.2 Å². The molecule has 1 saturated carbocycles. The predicted molar refractivity (Wildman–Crippen MR) is 49.9 cm³/mol. The molecule has 2 amide bonds. The third kappa shape index (κ3) is 1.05. The van der Waals surface area contributed by atoms with E-state index in [1.54, 1.807) is 0 Å². The zero-order valence-corrected chi connectivity index (χ0v) is 7.60. The molecule has 0 aromatic heterocycles. The zero-order chi connectivity index (χ0) is 9.47. The van der Waals surface area contributed by atoms with E-state index < -0.39 is 0 Å². The van der Waals surface area contributed by atoms with Gasteiger partial charge < -0.3 is 16.4 Å². The number of rotatable bonds is 2. The van der Waals surface area contributed by atoms with Crippen molar-refractivity contribution in [1.82, 2.24) is 10.6 Å². The van der Waals surface area contributed by atoms with Crippen LogP contribution in [0.25, 0.3) is 0 Å². The van der Waals surface area contributed by atoms with Gasteiger partial charge in [-0.1, -0.05) is 13.0 Å². The van der Waals surface area contributed by atoms with Crippen LogP contribution in [-0.4, -0.2) is 18.1 Å². The summed E-state index contributed by atoms with van der Waals surface area (Å²) in [7, 11) is 0. The van der Waals surface area contributed by atoms with Crippen LogP contribution in [0.4, 0.5) is 4.79 Å². The Bertz CT molecular complexity index is 260. The van der Waals surface area contributed by atoms with Crippen molar-refractivity contribution in [1.29, 1.82) is 0 Å². The van der Waals surface area contributed by atoms with Crippen LogP contribution in [0.3, 0.4) is 0 Å². The first-order chi connectivity index (χ1) is 6.19. The highest BCUT2D eigenvalue weighted by Gasteiger charge is 2.48. The minimum Gasteiger partial charge on any atom is -0.328 e. The summed E-state index contributed by atoms with van der Waals surface area (Å²) in [6.45, 7) is 4.30. The lowest BCUT2D eigenvalue weighted by Gasteiger charge is -2.41. The summed E-state index contributed by atoms with van der Waals surface area (Å²) < 4.78 is 0. The van der Waals surface area contributed by atoms with E-state index in [0.29, 0.717) is 12.5 Å². The minimum atomic E-state index is -0.366. The van der Waals surface area contributed by atoms with Gasteiger partial charge in [-0.2, -0.15) is 0 Å². The largest absolute Gasteiger partial charge is 0.328 e. The summed E-state index contributed by atoms with van der Waals surface area (Å²) in [6.07, 6.45) is 3.51. The van der Waals surface area contributed by atoms with Crippen molar-refractivity contribution < 1.29 is 4.79 Å². The van der Waals surface area contributed by atoms with Crippen molar-refractivity contribution in [3.8, 4) is 0 Å². The van der Waals surface area contributed by atoms with Gasteiger partial charge in [-0.05, 0) is 18.8 Å². The van der Waals surface area contributed by atoms with Crippen LogP contribution in [0.2, 0.25) is 0 Å². The van der Waals surface area contributed by atoms with Crippen LogP contribution in [-0.2, 0) is 0 Å². The topological polar surface area (TPSA) is 67.2 Å². The second-order valence-corrected chi connectivity index (χ2v) is 3.86. The fourth-order valence-electron chi connectivity index (χ4n) is 2.15. The molecule has 0 bridgehead atoms. The Morgan fingerprint density at radius 1 is 1.62 bits per heavy atom. The van der Waals surface area contributed by atoms with E-state index >= 15 is 0 Å². The SMILES string of the molecule is C=C1NC(=O)NC1(CN)C1CCC1. The number of amides is 2. The summed E-state index contributed by atoms with van der Waals surface area (Å²) in [5.41, 5.74) is 6.09. The second-order valence-electron chi connectivity index (χ2n) is 3.86. The molecular weight excluding hydrogens is 166 g/mol. The number of nitrogens with one attached hydrogen (secondary N) is 2. The fraction of sp³-hybridized carbons (Fsp3) is 0.667. The normalized spacial score (nSPS) is 33.9. The summed E-state index contributed by atoms with van der Waals surface area (Å²) in [5, 5.41) is 5.58. The second kappa shape index (κ2) is 2.73. The molecule has 0 radical (unpaired) electrons. The van der Waals surface area contributed by atoms with Gasteiger partial charge >= 0.3 is 6.03 Å². The highest BCUT2D eigenvalue weighted by molar-refractivity contribution is 5.81. The highest BCUT2D eigenvalue weighted by atomic mass is 16.2. The molecule has 1 heterocycles. The van der Waals surface area contributed by atoms with Gasteiger partial charge in [-0.15, -0.1) is 0 Å². The molecule has 4 N–H and O–H groups in total. The number of carbonyl (C=O) groups is 1. The van der Waals surface area contributed by atoms with E-state index in [-0.39, 0.29) is 11.6 Å². The molecule has 1 unspecified atom stereocenters. The summed E-state index contributed by atoms with van der Waals surface area (Å²) in [6, 6.07) is -0.164. The van der Waals surface area contributed by atoms with Crippen LogP contribution in [0.1, 0.15) is 19.3 Å². The lowest BCUT2D eigenvalue weighted by atomic mass is 9.70. The molecule has 2 rings (SSSR count). The molecule has 0 spiro atoms. The van der Waals surface area contributed by atoms with Gasteiger partial charge in [0.1, 0.15) is 0 Å². The molecule has 1 aliphatic heterocycles. The summed E-state index contributed by atoms with van der Waals surface area (Å²) in [4.78, 5) is 11.1. The Balaban J connectivity index is 2.23. The van der Waals surface area contributed by atoms with Gasteiger partial charge in [-0.3, -0.25) is 0 Å². The lowest BCUT2D eigenvalue weighted by molar-refractivity contribution is 0.180. The average Bonchev–Trinajstić information content (AvgIpc) is 2.24. The summed E-state index contributed by atoms with van der Waals surface area (Å²) >= 11 is 0. The molecule has 2 aliphatic rings. The van der Waals surface area contributed by atoms with Crippen LogP contribution in [0.5, 0.6) is 0 Å². The van der Waals surface area contributed by atoms with Gasteiger partial charge in [0.25, 0.3) is 0 Å². The third-order valence-corrected chi connectivity index (χ3v) is 3.26. The van der Waals surface area contributed by atoms with E-state index in [2.05, 4.69) is 17.2 Å². The maximum atomic E-state index is 11.1. The number of urea groups is 1. The Morgan fingerprint density at radius 3 is 2.62 bits per heavy atom. The molecule has 1 atom stereocenters. The van der Waals surface area contributed by atoms with E-state index in [0.717, 1.165) is 18.5 Å². The van der Waals surface area contributed by atoms with Crippen molar-refractivity contribution in [3.63, 3.8) is 0 Å². The van der Waals surface area contributed by atoms with Crippen molar-refractivity contribution in [2.24, 2.45) is 11.7 Å². The highest BCUT2D eigenvalue weighted by Crippen LogP contribution is 2.40. The average molecular weight is 181 g/mol. The molecule has 72 valence electrons. The number of hydrogen-bond donors (Lipinski definition) is 3. The Kier molecular flexibility index (Phi) is 1.80. The van der Waals surface area contributed by atoms with Crippen LogP contribution in [0.15, 0.2) is 12.3 Å². The molecule has 13 heavy (non-hydrogen) atoms. The quantitative estimate of drug-likeness (QED) is 0.574. The molecule has 1 aliphatic carbocycles. The predicted octanol–water partition coefficient (Wildman–Crippen LogP) is 0.310. The summed E-state index contributed by atoms with van der Waals surface area (Å²) in [5.74, 6) is 0.476. The third-order valence-electron chi connectivity index (χ3n) is 3.26. The van der Waals surface area contributed by atoms with Gasteiger partial charge in [0.2, 0.25) is 0 Å². The zero-order valence-electron chi connectivity index (χ0n) is 7.60. The van der Waals surface area contributed by atoms with E-state index in [1.807, 2.05) is 0 Å². The first-order valence-corrected chi connectivity index (χ1v) is 4.67. The minimum absolute atomic E-state index is 0.164. The molecule has 2 fully saturated rings. The molecular formula is C9H15N3O. The van der Waals surface area contributed by atoms with Crippen molar-refractivity contribution in [2.75, 3.05) is 6.54 Å². The number of nitrogens with two attached hydrogens (primary N) is 1. The van der Waals surface area contributed by atoms with Crippen molar-refractivity contribution in [3.05, 3.63) is 12.3 Å². The Hall–Kier alpha value is -1.03. The lowest BCUT2D eigenvalue weighted by Crippen LogP contribution is -2.56. The standard InChI is InChI=1S/C9H15N3O/c1-6-9(5-10,7-3-2-4-7)12-8(13)11-6/h7H,1-5,10H2,(H2,11,12,13). The Morgan fingerprint density at radius 2 is 2.31 bits per heavy atom. The smallest absolute Gasteiger partial charge is 0.319 e. The molecule has 0 aromatic rings. The van der Waals surface area contributed by atoms with Crippen LogP contribution < -0.4 is 16.4 Å². The number of hydrogen-bond acceptors (Lipinski definition) is 2. The van der Waals surface area contributed by atoms with E-state index in [1.165, 1.54) is 6.42 Å². The Labute approximate surface area is 77.6 Å². The number of carbonyl (C=O) groups excluding carboxylic acids is 1. The van der Waals surface area contributed by atoms with E-state index in [4.69, 9.17) is 5.73 Å². The van der Waals surface area contributed by atoms with E-state index in [9.17, 15) is 4.79 Å². The maximum absolute atomic E-state index is 11.1. The first kappa shape index (κ1) is 8.56. The fourth-order valence-corrected chi connectivity index (χ4v) is 2.15. The van der Waals surface area contributed by atoms with Crippen LogP contribution >= 0.6 is 0 Å². The monoisotopic (exact) mass is 181 g/mol. The van der Waals surface area contributed by atoms with Gasteiger partial charge in [0.15, 0.2) is 0 Å². The van der Waals surface area contributed by atoms with Crippen molar-refractivity contribution in [2.45, 2.75) is 24.8 Å². The van der Waals surface area contributed by atoms with Crippen molar-refractivity contribution >= 4 is 6.03 Å². The molecule has 1 saturated heterocycles. The molecule has 0 aromatic carbocycles. The maximum Gasteiger partial charge on any atom is 0.319 e. The first-order valence-electron chi connectivity index (χ1n) is 4.67. The molecule has 4 nitrogen and oxygen atoms in total. The van der Waals surface area contributed by atoms with Crippen LogP contribution in [0, 0.1) is 5.92 Å². The molecule has 4 heteroatoms. The van der Waals surface area contributed by atoms with Gasteiger partial charge in [0.05, 0.1) is 5.54 Å². The van der Waals surface area contributed by atoms with Gasteiger partial charge in [-0.25, -0.2) is 4.79 Å².